The van der Waals surface area contributed by atoms with Crippen molar-refractivity contribution in [2.75, 3.05) is 20.6 Å². The van der Waals surface area contributed by atoms with Gasteiger partial charge in [0.25, 0.3) is 0 Å². The van der Waals surface area contributed by atoms with Crippen LogP contribution in [0.15, 0.2) is 24.3 Å². The van der Waals surface area contributed by atoms with Crippen LogP contribution in [0.25, 0.3) is 0 Å². The summed E-state index contributed by atoms with van der Waals surface area (Å²) < 4.78 is 0. The number of aliphatic hydroxyl groups is 1. The van der Waals surface area contributed by atoms with Crippen LogP contribution < -0.4 is 5.32 Å². The smallest absolute Gasteiger partial charge is 0.220 e. The van der Waals surface area contributed by atoms with Crippen molar-refractivity contribution in [2.24, 2.45) is 17.3 Å². The Labute approximate surface area is 163 Å². The van der Waals surface area contributed by atoms with Crippen molar-refractivity contribution >= 4 is 5.91 Å². The summed E-state index contributed by atoms with van der Waals surface area (Å²) in [6, 6.07) is 8.58. The molecule has 4 bridgehead atoms. The Morgan fingerprint density at radius 2 is 1.89 bits per heavy atom. The second-order valence-corrected chi connectivity index (χ2v) is 10.0. The quantitative estimate of drug-likeness (QED) is 0.807. The molecule has 4 nitrogen and oxygen atoms in total. The summed E-state index contributed by atoms with van der Waals surface area (Å²) in [7, 11) is 4.13. The van der Waals surface area contributed by atoms with Crippen LogP contribution in [-0.4, -0.2) is 42.2 Å². The van der Waals surface area contributed by atoms with Gasteiger partial charge in [-0.15, -0.1) is 0 Å². The minimum Gasteiger partial charge on any atom is -0.390 e. The summed E-state index contributed by atoms with van der Waals surface area (Å²) in [4.78, 5) is 15.0. The van der Waals surface area contributed by atoms with E-state index in [4.69, 9.17) is 0 Å². The van der Waals surface area contributed by atoms with Gasteiger partial charge in [0.05, 0.1) is 11.6 Å². The van der Waals surface area contributed by atoms with Crippen molar-refractivity contribution in [3.8, 4) is 0 Å². The molecule has 1 amide bonds. The fourth-order valence-electron chi connectivity index (χ4n) is 6.75. The second kappa shape index (κ2) is 6.89. The number of aryl methyl sites for hydroxylation is 1. The van der Waals surface area contributed by atoms with Crippen LogP contribution in [0.5, 0.6) is 0 Å². The highest BCUT2D eigenvalue weighted by molar-refractivity contribution is 5.77. The maximum absolute atomic E-state index is 12.9. The Kier molecular flexibility index (Phi) is 4.84. The molecule has 0 spiro atoms. The van der Waals surface area contributed by atoms with E-state index in [1.165, 1.54) is 17.5 Å². The molecule has 4 aliphatic carbocycles. The molecule has 2 unspecified atom stereocenters. The average molecular weight is 371 g/mol. The number of hydrogen-bond donors (Lipinski definition) is 2. The topological polar surface area (TPSA) is 52.6 Å². The van der Waals surface area contributed by atoms with E-state index >= 15 is 0 Å². The van der Waals surface area contributed by atoms with Crippen molar-refractivity contribution in [3.05, 3.63) is 35.4 Å². The first kappa shape index (κ1) is 18.9. The van der Waals surface area contributed by atoms with Crippen molar-refractivity contribution in [2.45, 2.75) is 63.5 Å². The van der Waals surface area contributed by atoms with Gasteiger partial charge in [0.1, 0.15) is 0 Å². The number of benzene rings is 1. The van der Waals surface area contributed by atoms with Crippen molar-refractivity contribution in [3.63, 3.8) is 0 Å². The van der Waals surface area contributed by atoms with Gasteiger partial charge >= 0.3 is 0 Å². The maximum Gasteiger partial charge on any atom is 0.220 e. The molecule has 0 heterocycles. The molecule has 2 N–H and O–H groups in total. The van der Waals surface area contributed by atoms with E-state index in [0.717, 1.165) is 32.1 Å². The Morgan fingerprint density at radius 1 is 1.22 bits per heavy atom. The van der Waals surface area contributed by atoms with E-state index in [9.17, 15) is 9.90 Å². The third-order valence-corrected chi connectivity index (χ3v) is 7.35. The molecule has 27 heavy (non-hydrogen) atoms. The van der Waals surface area contributed by atoms with E-state index in [1.54, 1.807) is 0 Å². The summed E-state index contributed by atoms with van der Waals surface area (Å²) in [5, 5.41) is 14.1. The van der Waals surface area contributed by atoms with Gasteiger partial charge in [0.2, 0.25) is 5.91 Å². The van der Waals surface area contributed by atoms with Crippen LogP contribution in [-0.2, 0) is 4.79 Å². The predicted molar refractivity (Wildman–Crippen MR) is 107 cm³/mol. The summed E-state index contributed by atoms with van der Waals surface area (Å²) in [6.45, 7) is 2.76. The fraction of sp³-hybridized carbons (Fsp3) is 0.696. The number of rotatable bonds is 6. The Hall–Kier alpha value is -1.39. The lowest BCUT2D eigenvalue weighted by Gasteiger charge is -2.60. The third-order valence-electron chi connectivity index (χ3n) is 7.35. The van der Waals surface area contributed by atoms with Crippen LogP contribution in [0.2, 0.25) is 0 Å². The SMILES string of the molecule is Cc1ccccc1[C@H](CNC(=O)CC12C[C@@H]3C[C@@H](CC(O)(C3)C1)C2)N(C)C. The molecule has 0 radical (unpaired) electrons. The largest absolute Gasteiger partial charge is 0.390 e. The Bertz CT molecular complexity index is 700. The molecule has 5 atom stereocenters. The van der Waals surface area contributed by atoms with Gasteiger partial charge in [-0.3, -0.25) is 4.79 Å². The lowest BCUT2D eigenvalue weighted by atomic mass is 9.47. The molecule has 4 aliphatic rings. The van der Waals surface area contributed by atoms with Gasteiger partial charge in [-0.2, -0.15) is 0 Å². The minimum absolute atomic E-state index is 0.0409. The van der Waals surface area contributed by atoms with E-state index in [1.807, 2.05) is 0 Å². The highest BCUT2D eigenvalue weighted by Crippen LogP contribution is 2.62. The Morgan fingerprint density at radius 3 is 2.48 bits per heavy atom. The number of likely N-dealkylation sites (N-methyl/N-ethyl adjacent to an activating group) is 1. The first-order valence-corrected chi connectivity index (χ1v) is 10.5. The number of carbonyl (C=O) groups excluding carboxylic acids is 1. The molecule has 4 saturated carbocycles. The summed E-state index contributed by atoms with van der Waals surface area (Å²) in [5.74, 6) is 1.41. The lowest BCUT2D eigenvalue weighted by molar-refractivity contribution is -0.169. The van der Waals surface area contributed by atoms with E-state index in [2.05, 4.69) is 55.5 Å². The molecule has 4 fully saturated rings. The molecule has 148 valence electrons. The van der Waals surface area contributed by atoms with Gasteiger partial charge in [0, 0.05) is 13.0 Å². The van der Waals surface area contributed by atoms with Gasteiger partial charge < -0.3 is 15.3 Å². The molecule has 0 saturated heterocycles. The highest BCUT2D eigenvalue weighted by atomic mass is 16.3. The van der Waals surface area contributed by atoms with Crippen LogP contribution >= 0.6 is 0 Å². The summed E-state index contributed by atoms with van der Waals surface area (Å²) >= 11 is 0. The van der Waals surface area contributed by atoms with Crippen LogP contribution in [0.4, 0.5) is 0 Å². The summed E-state index contributed by atoms with van der Waals surface area (Å²) in [6.07, 6.45) is 6.86. The number of nitrogens with zero attached hydrogens (tertiary/aromatic N) is 1. The van der Waals surface area contributed by atoms with E-state index in [0.29, 0.717) is 24.8 Å². The summed E-state index contributed by atoms with van der Waals surface area (Å²) in [5.41, 5.74) is 2.08. The molecule has 5 rings (SSSR count). The number of hydrogen-bond acceptors (Lipinski definition) is 3. The molecule has 1 aromatic carbocycles. The first-order valence-electron chi connectivity index (χ1n) is 10.5. The Balaban J connectivity index is 1.40. The first-order chi connectivity index (χ1) is 12.8. The standard InChI is InChI=1S/C23H34N2O2/c1-16-6-4-5-7-19(16)20(25(2)3)14-24-21(26)13-22-9-17-8-18(10-22)12-23(27,11-17)15-22/h4-7,17-18,20,27H,8-15H2,1-3H3,(H,24,26)/t17-,18+,20-,22?,23?/m0/s1. The number of carbonyl (C=O) groups is 1. The predicted octanol–water partition coefficient (Wildman–Crippen LogP) is 3.44. The molecule has 0 aromatic heterocycles. The van der Waals surface area contributed by atoms with Crippen molar-refractivity contribution in [1.82, 2.24) is 10.2 Å². The van der Waals surface area contributed by atoms with Gasteiger partial charge in [-0.25, -0.2) is 0 Å². The van der Waals surface area contributed by atoms with E-state index in [-0.39, 0.29) is 17.4 Å². The second-order valence-electron chi connectivity index (χ2n) is 10.0. The zero-order valence-electron chi connectivity index (χ0n) is 17.0. The zero-order valence-corrected chi connectivity index (χ0v) is 17.0. The number of nitrogens with one attached hydrogen (secondary N) is 1. The zero-order chi connectivity index (χ0) is 19.2. The highest BCUT2D eigenvalue weighted by Gasteiger charge is 2.57. The van der Waals surface area contributed by atoms with Gasteiger partial charge in [-0.1, -0.05) is 24.3 Å². The number of amides is 1. The van der Waals surface area contributed by atoms with E-state index < -0.39 is 5.60 Å². The minimum atomic E-state index is -0.488. The lowest BCUT2D eigenvalue weighted by Crippen LogP contribution is -2.56. The molecule has 4 heteroatoms. The molecular weight excluding hydrogens is 336 g/mol. The van der Waals surface area contributed by atoms with Gasteiger partial charge in [0.15, 0.2) is 0 Å². The fourth-order valence-corrected chi connectivity index (χ4v) is 6.75. The third kappa shape index (κ3) is 3.79. The van der Waals surface area contributed by atoms with Crippen LogP contribution in [0, 0.1) is 24.2 Å². The monoisotopic (exact) mass is 370 g/mol. The molecule has 1 aromatic rings. The maximum atomic E-state index is 12.9. The van der Waals surface area contributed by atoms with Crippen molar-refractivity contribution in [1.29, 1.82) is 0 Å². The van der Waals surface area contributed by atoms with Crippen molar-refractivity contribution < 1.29 is 9.90 Å². The molecule has 0 aliphatic heterocycles. The van der Waals surface area contributed by atoms with Crippen LogP contribution in [0.1, 0.15) is 62.1 Å². The normalized spacial score (nSPS) is 35.4. The molecular formula is C23H34N2O2. The van der Waals surface area contributed by atoms with Gasteiger partial charge in [-0.05, 0) is 87.9 Å². The average Bonchev–Trinajstić information content (AvgIpc) is 2.53. The van der Waals surface area contributed by atoms with Crippen LogP contribution in [0.3, 0.4) is 0 Å².